The van der Waals surface area contributed by atoms with Gasteiger partial charge in [-0.1, -0.05) is 29.5 Å². The van der Waals surface area contributed by atoms with Crippen molar-refractivity contribution in [2.45, 2.75) is 82.1 Å². The number of carbonyl (C=O) groups excluding carboxylic acids is 5. The highest BCUT2D eigenvalue weighted by molar-refractivity contribution is 6.33. The van der Waals surface area contributed by atoms with Crippen molar-refractivity contribution in [3.63, 3.8) is 0 Å². The van der Waals surface area contributed by atoms with Gasteiger partial charge in [0.1, 0.15) is 11.8 Å². The van der Waals surface area contributed by atoms with Crippen molar-refractivity contribution in [1.82, 2.24) is 20.0 Å². The lowest BCUT2D eigenvalue weighted by molar-refractivity contribution is -0.136. The summed E-state index contributed by atoms with van der Waals surface area (Å²) in [4.78, 5) is 75.0. The van der Waals surface area contributed by atoms with Gasteiger partial charge >= 0.3 is 0 Å². The normalized spacial score (nSPS) is 24.0. The van der Waals surface area contributed by atoms with Gasteiger partial charge in [-0.25, -0.2) is 4.85 Å². The average molecular weight is 785 g/mol. The van der Waals surface area contributed by atoms with E-state index in [9.17, 15) is 24.0 Å². The molecule has 1 atom stereocenters. The van der Waals surface area contributed by atoms with Crippen LogP contribution in [0.25, 0.3) is 4.85 Å². The van der Waals surface area contributed by atoms with E-state index in [-0.39, 0.29) is 30.9 Å². The summed E-state index contributed by atoms with van der Waals surface area (Å²) in [5.41, 5.74) is 4.63. The summed E-state index contributed by atoms with van der Waals surface area (Å²) in [7, 11) is 0. The number of nitrogens with zero attached hydrogens (tertiary/aromatic N) is 5. The third-order valence-electron chi connectivity index (χ3n) is 12.5. The fourth-order valence-electron chi connectivity index (χ4n) is 9.27. The number of fused-ring (bicyclic) bond motifs is 2. The molecule has 3 saturated heterocycles. The maximum atomic E-state index is 13.4. The molecule has 5 heterocycles. The van der Waals surface area contributed by atoms with E-state index < -0.39 is 29.7 Å². The molecule has 1 aliphatic carbocycles. The van der Waals surface area contributed by atoms with Crippen LogP contribution in [0, 0.1) is 24.3 Å². The molecule has 1 unspecified atom stereocenters. The number of anilines is 1. The Morgan fingerprint density at radius 3 is 2.28 bits per heavy atom. The van der Waals surface area contributed by atoms with Crippen molar-refractivity contribution in [1.29, 1.82) is 0 Å². The number of benzene rings is 3. The first-order valence-corrected chi connectivity index (χ1v) is 20.1. The summed E-state index contributed by atoms with van der Waals surface area (Å²) < 4.78 is 6.17. The summed E-state index contributed by atoms with van der Waals surface area (Å²) >= 11 is 6.19. The van der Waals surface area contributed by atoms with Crippen molar-refractivity contribution >= 4 is 52.5 Å². The quantitative estimate of drug-likeness (QED) is 0.195. The third kappa shape index (κ3) is 7.02. The van der Waals surface area contributed by atoms with Gasteiger partial charge in [0.15, 0.2) is 0 Å². The van der Waals surface area contributed by atoms with Crippen molar-refractivity contribution in [2.75, 3.05) is 31.1 Å². The first kappa shape index (κ1) is 36.9. The van der Waals surface area contributed by atoms with Crippen molar-refractivity contribution in [3.05, 3.63) is 98.9 Å². The van der Waals surface area contributed by atoms with Crippen LogP contribution >= 0.6 is 11.6 Å². The number of rotatable bonds is 6. The number of hydrogen-bond donors (Lipinski definition) is 1. The summed E-state index contributed by atoms with van der Waals surface area (Å²) in [5, 5.41) is 2.63. The van der Waals surface area contributed by atoms with Crippen LogP contribution < -0.4 is 15.0 Å². The van der Waals surface area contributed by atoms with Gasteiger partial charge in [-0.05, 0) is 99.0 Å². The van der Waals surface area contributed by atoms with Crippen molar-refractivity contribution in [3.8, 4) is 17.6 Å². The van der Waals surface area contributed by atoms with Gasteiger partial charge in [0.25, 0.3) is 17.7 Å². The highest BCUT2D eigenvalue weighted by atomic mass is 35.5. The summed E-state index contributed by atoms with van der Waals surface area (Å²) in [6.45, 7) is 11.3. The summed E-state index contributed by atoms with van der Waals surface area (Å²) in [5.74, 6) is 5.93. The van der Waals surface area contributed by atoms with E-state index in [1.54, 1.807) is 30.3 Å². The molecule has 5 amide bonds. The third-order valence-corrected chi connectivity index (χ3v) is 12.8. The Morgan fingerprint density at radius 2 is 1.54 bits per heavy atom. The average Bonchev–Trinajstić information content (AvgIpc) is 3.65. The minimum absolute atomic E-state index is 0.0498. The molecule has 6 aliphatic rings. The van der Waals surface area contributed by atoms with E-state index in [4.69, 9.17) is 22.9 Å². The van der Waals surface area contributed by atoms with E-state index in [0.29, 0.717) is 46.1 Å². The molecule has 3 aromatic carbocycles. The number of imide groups is 2. The number of amides is 5. The van der Waals surface area contributed by atoms with E-state index in [0.717, 1.165) is 92.0 Å². The van der Waals surface area contributed by atoms with Gasteiger partial charge in [-0.2, -0.15) is 0 Å². The lowest BCUT2D eigenvalue weighted by Gasteiger charge is -2.46. The molecule has 0 radical (unpaired) electrons. The lowest BCUT2D eigenvalue weighted by atomic mass is 9.92. The van der Waals surface area contributed by atoms with Gasteiger partial charge in [0.2, 0.25) is 17.5 Å². The second-order valence-electron chi connectivity index (χ2n) is 15.9. The van der Waals surface area contributed by atoms with Gasteiger partial charge < -0.3 is 14.5 Å². The number of halogens is 1. The smallest absolute Gasteiger partial charge is 0.262 e. The second kappa shape index (κ2) is 15.0. The Hall–Kier alpha value is -5.69. The van der Waals surface area contributed by atoms with Crippen LogP contribution in [0.5, 0.6) is 5.75 Å². The van der Waals surface area contributed by atoms with Crippen molar-refractivity contribution < 1.29 is 28.7 Å². The zero-order valence-electron chi connectivity index (χ0n) is 31.3. The zero-order chi connectivity index (χ0) is 39.4. The highest BCUT2D eigenvalue weighted by Crippen LogP contribution is 2.36. The molecule has 1 saturated carbocycles. The Bertz CT molecular complexity index is 2310. The van der Waals surface area contributed by atoms with Crippen LogP contribution in [-0.2, 0) is 16.1 Å². The molecular formula is C44H41ClN6O6. The fourth-order valence-corrected chi connectivity index (χ4v) is 9.48. The van der Waals surface area contributed by atoms with Gasteiger partial charge in [0.05, 0.1) is 28.8 Å². The number of hydrogen-bond acceptors (Lipinski definition) is 8. The van der Waals surface area contributed by atoms with E-state index >= 15 is 0 Å². The Morgan fingerprint density at radius 1 is 0.789 bits per heavy atom. The summed E-state index contributed by atoms with van der Waals surface area (Å²) in [6.07, 6.45) is 5.65. The highest BCUT2D eigenvalue weighted by Gasteiger charge is 2.45. The standard InChI is InChI=1S/C44H41ClN6O6/c1-46-38-13-10-33(22-37(38)45)57-32-8-5-30(6-9-32)50-25-28-20-26(4-11-34(28)42(50)54)2-3-27-23-49(24-27)29-16-18-48(19-17-29)31-7-12-35-36(21-31)44(56)51(43(35)55)39-14-15-40(52)47-41(39)53/h4,7,10-13,20-22,27,29-30,32,39H,5-6,8-9,14-19,23-25H2,(H,47,52,53). The number of likely N-dealkylation sites (tertiary alicyclic amines) is 1. The van der Waals surface area contributed by atoms with Gasteiger partial charge in [-0.15, -0.1) is 0 Å². The van der Waals surface area contributed by atoms with Gasteiger partial charge in [-0.3, -0.25) is 39.1 Å². The van der Waals surface area contributed by atoms with E-state index in [1.165, 1.54) is 0 Å². The number of nitrogens with one attached hydrogen (secondary N) is 1. The van der Waals surface area contributed by atoms with E-state index in [1.807, 2.05) is 23.1 Å². The number of carbonyl (C=O) groups is 5. The Kier molecular flexibility index (Phi) is 9.71. The number of piperidine rings is 2. The SMILES string of the molecule is [C-]#[N+]c1ccc(OC2CCC(N3Cc4cc(C#CC5CN(C6CCN(c7ccc8c(c7)C(=O)N(C7CCC(=O)NC7=O)C8=O)CC6)C5)ccc4C3=O)CC2)cc1Cl. The van der Waals surface area contributed by atoms with Crippen LogP contribution in [-0.4, -0.2) is 94.6 Å². The molecule has 5 aliphatic heterocycles. The monoisotopic (exact) mass is 784 g/mol. The molecule has 3 aromatic rings. The van der Waals surface area contributed by atoms with Gasteiger partial charge in [0, 0.05) is 74.0 Å². The minimum Gasteiger partial charge on any atom is -0.490 e. The number of ether oxygens (including phenoxy) is 1. The first-order valence-electron chi connectivity index (χ1n) is 19.8. The lowest BCUT2D eigenvalue weighted by Crippen LogP contribution is -2.55. The summed E-state index contributed by atoms with van der Waals surface area (Å²) in [6, 6.07) is 16.1. The molecule has 4 fully saturated rings. The minimum atomic E-state index is -0.974. The van der Waals surface area contributed by atoms with Crippen LogP contribution in [0.15, 0.2) is 54.6 Å². The van der Waals surface area contributed by atoms with Crippen LogP contribution in [0.2, 0.25) is 5.02 Å². The van der Waals surface area contributed by atoms with Crippen molar-refractivity contribution in [2.24, 2.45) is 5.92 Å². The zero-order valence-corrected chi connectivity index (χ0v) is 32.1. The maximum Gasteiger partial charge on any atom is 0.262 e. The van der Waals surface area contributed by atoms with Crippen LogP contribution in [0.1, 0.15) is 93.6 Å². The molecule has 1 N–H and O–H groups in total. The van der Waals surface area contributed by atoms with Crippen LogP contribution in [0.4, 0.5) is 11.4 Å². The molecule has 57 heavy (non-hydrogen) atoms. The Labute approximate surface area is 335 Å². The maximum absolute atomic E-state index is 13.4. The molecule has 0 bridgehead atoms. The topological polar surface area (TPSA) is 124 Å². The van der Waals surface area contributed by atoms with Crippen LogP contribution in [0.3, 0.4) is 0 Å². The molecular weight excluding hydrogens is 744 g/mol. The van der Waals surface area contributed by atoms with E-state index in [2.05, 4.69) is 37.9 Å². The molecule has 290 valence electrons. The Balaban J connectivity index is 0.737. The molecule has 13 heteroatoms. The second-order valence-corrected chi connectivity index (χ2v) is 16.3. The molecule has 9 rings (SSSR count). The molecule has 0 aromatic heterocycles. The predicted molar refractivity (Wildman–Crippen MR) is 211 cm³/mol. The molecule has 0 spiro atoms. The largest absolute Gasteiger partial charge is 0.490 e. The predicted octanol–water partition coefficient (Wildman–Crippen LogP) is 5.59. The first-order chi connectivity index (χ1) is 27.6. The fraction of sp³-hybridized carbons (Fsp3) is 0.409. The molecule has 12 nitrogen and oxygen atoms in total.